The van der Waals surface area contributed by atoms with Crippen LogP contribution in [0.1, 0.15) is 5.01 Å². The summed E-state index contributed by atoms with van der Waals surface area (Å²) in [5.41, 5.74) is 0. The number of aromatic nitrogens is 2. The largest absolute Gasteiger partial charge is 0.363 e. The van der Waals surface area contributed by atoms with Crippen LogP contribution in [-0.4, -0.2) is 43.4 Å². The molecule has 0 aliphatic rings. The summed E-state index contributed by atoms with van der Waals surface area (Å²) in [5.74, 6) is 1.54. The summed E-state index contributed by atoms with van der Waals surface area (Å²) in [4.78, 5) is 0. The number of sulfone groups is 1. The first-order chi connectivity index (χ1) is 7.01. The first-order valence-corrected chi connectivity index (χ1v) is 8.30. The molecular weight excluding hydrogens is 254 g/mol. The predicted molar refractivity (Wildman–Crippen MR) is 65.3 cm³/mol. The van der Waals surface area contributed by atoms with Crippen LogP contribution >= 0.6 is 23.1 Å². The van der Waals surface area contributed by atoms with Crippen LogP contribution in [0, 0.1) is 0 Å². The summed E-state index contributed by atoms with van der Waals surface area (Å²) in [6.07, 6.45) is 1.25. The van der Waals surface area contributed by atoms with Crippen LogP contribution in [0.25, 0.3) is 0 Å². The summed E-state index contributed by atoms with van der Waals surface area (Å²) < 4.78 is 21.7. The summed E-state index contributed by atoms with van der Waals surface area (Å²) in [5, 5.41) is 12.4. The van der Waals surface area contributed by atoms with Crippen LogP contribution in [-0.2, 0) is 15.6 Å². The van der Waals surface area contributed by atoms with Crippen molar-refractivity contribution in [1.29, 1.82) is 0 Å². The van der Waals surface area contributed by atoms with Crippen LogP contribution in [0.15, 0.2) is 0 Å². The third kappa shape index (κ3) is 5.33. The molecule has 0 fully saturated rings. The minimum atomic E-state index is -2.84. The smallest absolute Gasteiger partial charge is 0.205 e. The maximum atomic E-state index is 10.8. The van der Waals surface area contributed by atoms with Gasteiger partial charge < -0.3 is 5.32 Å². The molecule has 0 amide bonds. The molecule has 5 nitrogen and oxygen atoms in total. The lowest BCUT2D eigenvalue weighted by molar-refractivity contribution is 0.603. The third-order valence-corrected chi connectivity index (χ3v) is 4.80. The number of nitrogens with zero attached hydrogens (tertiary/aromatic N) is 2. The summed E-state index contributed by atoms with van der Waals surface area (Å²) in [6, 6.07) is 0. The maximum absolute atomic E-state index is 10.8. The molecule has 1 rings (SSSR count). The van der Waals surface area contributed by atoms with E-state index in [1.165, 1.54) is 17.6 Å². The number of nitrogens with one attached hydrogen (secondary N) is 1. The van der Waals surface area contributed by atoms with Gasteiger partial charge in [-0.2, -0.15) is 11.8 Å². The molecule has 1 N–H and O–H groups in total. The molecule has 0 saturated heterocycles. The average Bonchev–Trinajstić information content (AvgIpc) is 2.59. The van der Waals surface area contributed by atoms with Crippen molar-refractivity contribution < 1.29 is 8.42 Å². The molecule has 1 heterocycles. The van der Waals surface area contributed by atoms with Crippen molar-refractivity contribution >= 4 is 38.1 Å². The van der Waals surface area contributed by atoms with Crippen LogP contribution in [0.4, 0.5) is 5.13 Å². The monoisotopic (exact) mass is 267 g/mol. The summed E-state index contributed by atoms with van der Waals surface area (Å²) in [6.45, 7) is 0. The van der Waals surface area contributed by atoms with Gasteiger partial charge in [-0.05, 0) is 0 Å². The van der Waals surface area contributed by atoms with Crippen molar-refractivity contribution in [3.05, 3.63) is 5.01 Å². The maximum Gasteiger partial charge on any atom is 0.205 e. The van der Waals surface area contributed by atoms with Gasteiger partial charge in [-0.3, -0.25) is 0 Å². The molecule has 0 aliphatic carbocycles. The highest BCUT2D eigenvalue weighted by atomic mass is 32.2. The van der Waals surface area contributed by atoms with Gasteiger partial charge in [0, 0.05) is 24.8 Å². The third-order valence-electron chi connectivity index (χ3n) is 1.50. The van der Waals surface area contributed by atoms with Crippen molar-refractivity contribution in [2.24, 2.45) is 0 Å². The molecule has 1 aromatic rings. The van der Waals surface area contributed by atoms with Crippen molar-refractivity contribution in [1.82, 2.24) is 10.2 Å². The topological polar surface area (TPSA) is 72.0 Å². The number of thioether (sulfide) groups is 1. The molecule has 0 unspecified atom stereocenters. The molecule has 0 spiro atoms. The second-order valence-corrected chi connectivity index (χ2v) is 7.36. The standard InChI is InChI=1S/C7H13N3O2S3/c1-8-7-10-9-6(14-7)5-13-3-4-15(2,11)12/h3-5H2,1-2H3,(H,8,10). The van der Waals surface area contributed by atoms with Gasteiger partial charge in [0.2, 0.25) is 5.13 Å². The zero-order chi connectivity index (χ0) is 11.3. The molecule has 86 valence electrons. The molecule has 1 aromatic heterocycles. The second-order valence-electron chi connectivity index (χ2n) is 2.93. The lowest BCUT2D eigenvalue weighted by atomic mass is 10.8. The minimum absolute atomic E-state index is 0.218. The molecule has 0 radical (unpaired) electrons. The SMILES string of the molecule is CNc1nnc(CSCCS(C)(=O)=O)s1. The fourth-order valence-corrected chi connectivity index (χ4v) is 3.82. The minimum Gasteiger partial charge on any atom is -0.363 e. The van der Waals surface area contributed by atoms with Crippen LogP contribution < -0.4 is 5.32 Å². The van der Waals surface area contributed by atoms with E-state index in [9.17, 15) is 8.42 Å². The molecule has 15 heavy (non-hydrogen) atoms. The lowest BCUT2D eigenvalue weighted by Crippen LogP contribution is -2.05. The van der Waals surface area contributed by atoms with Crippen molar-refractivity contribution in [2.75, 3.05) is 30.1 Å². The molecular formula is C7H13N3O2S3. The molecule has 0 bridgehead atoms. The van der Waals surface area contributed by atoms with E-state index in [2.05, 4.69) is 15.5 Å². The van der Waals surface area contributed by atoms with Crippen LogP contribution in [0.3, 0.4) is 0 Å². The van der Waals surface area contributed by atoms with Gasteiger partial charge in [0.1, 0.15) is 14.8 Å². The van der Waals surface area contributed by atoms with E-state index >= 15 is 0 Å². The Morgan fingerprint density at radius 2 is 2.20 bits per heavy atom. The van der Waals surface area contributed by atoms with Crippen molar-refractivity contribution in [3.63, 3.8) is 0 Å². The molecule has 0 saturated carbocycles. The van der Waals surface area contributed by atoms with E-state index in [0.717, 1.165) is 15.9 Å². The number of anilines is 1. The number of hydrogen-bond donors (Lipinski definition) is 1. The van der Waals surface area contributed by atoms with E-state index in [0.29, 0.717) is 5.75 Å². The molecule has 0 aromatic carbocycles. The molecule has 0 aliphatic heterocycles. The van der Waals surface area contributed by atoms with Gasteiger partial charge in [0.05, 0.1) is 5.75 Å². The Balaban J connectivity index is 2.26. The van der Waals surface area contributed by atoms with E-state index in [-0.39, 0.29) is 5.75 Å². The van der Waals surface area contributed by atoms with Gasteiger partial charge in [0.15, 0.2) is 0 Å². The van der Waals surface area contributed by atoms with E-state index < -0.39 is 9.84 Å². The Labute approximate surface area is 97.6 Å². The van der Waals surface area contributed by atoms with Crippen LogP contribution in [0.5, 0.6) is 0 Å². The molecule has 8 heteroatoms. The van der Waals surface area contributed by atoms with E-state index in [4.69, 9.17) is 0 Å². The fourth-order valence-electron chi connectivity index (χ4n) is 0.783. The highest BCUT2D eigenvalue weighted by molar-refractivity contribution is 8.00. The van der Waals surface area contributed by atoms with Crippen LogP contribution in [0.2, 0.25) is 0 Å². The highest BCUT2D eigenvalue weighted by Crippen LogP contribution is 2.19. The highest BCUT2D eigenvalue weighted by Gasteiger charge is 2.04. The van der Waals surface area contributed by atoms with Crippen molar-refractivity contribution in [2.45, 2.75) is 5.75 Å². The Morgan fingerprint density at radius 1 is 1.47 bits per heavy atom. The van der Waals surface area contributed by atoms with Gasteiger partial charge in [0.25, 0.3) is 0 Å². The number of hydrogen-bond acceptors (Lipinski definition) is 7. The first-order valence-electron chi connectivity index (χ1n) is 4.27. The van der Waals surface area contributed by atoms with Gasteiger partial charge in [-0.25, -0.2) is 8.42 Å². The van der Waals surface area contributed by atoms with Crippen molar-refractivity contribution in [3.8, 4) is 0 Å². The summed E-state index contributed by atoms with van der Waals surface area (Å²) in [7, 11) is -1.05. The van der Waals surface area contributed by atoms with E-state index in [1.54, 1.807) is 18.8 Å². The first kappa shape index (κ1) is 12.7. The Morgan fingerprint density at radius 3 is 2.73 bits per heavy atom. The number of rotatable bonds is 6. The van der Waals surface area contributed by atoms with Gasteiger partial charge in [-0.1, -0.05) is 11.3 Å². The Kier molecular flexibility index (Phi) is 4.81. The zero-order valence-corrected chi connectivity index (χ0v) is 11.0. The lowest BCUT2D eigenvalue weighted by Gasteiger charge is -1.96. The normalized spacial score (nSPS) is 11.6. The van der Waals surface area contributed by atoms with Gasteiger partial charge >= 0.3 is 0 Å². The zero-order valence-electron chi connectivity index (χ0n) is 8.56. The van der Waals surface area contributed by atoms with Gasteiger partial charge in [-0.15, -0.1) is 10.2 Å². The summed E-state index contributed by atoms with van der Waals surface area (Å²) >= 11 is 3.05. The Bertz CT molecular complexity index is 401. The quantitative estimate of drug-likeness (QED) is 0.771. The predicted octanol–water partition coefficient (Wildman–Crippen LogP) is 0.858. The second kappa shape index (κ2) is 5.66. The Hall–Kier alpha value is -0.340. The molecule has 0 atom stereocenters. The average molecular weight is 267 g/mol. The fraction of sp³-hybridized carbons (Fsp3) is 0.714. The van der Waals surface area contributed by atoms with E-state index in [1.807, 2.05) is 0 Å².